The lowest BCUT2D eigenvalue weighted by molar-refractivity contribution is -0.00902. The predicted molar refractivity (Wildman–Crippen MR) is 67.5 cm³/mol. The molecule has 0 heterocycles. The van der Waals surface area contributed by atoms with Gasteiger partial charge in [-0.3, -0.25) is 0 Å². The van der Waals surface area contributed by atoms with E-state index < -0.39 is 6.10 Å². The SMILES string of the molecule is C[C@@H](CO)[C@@H](O)[C@@H](C)COCc1ccccc1. The van der Waals surface area contributed by atoms with Crippen molar-refractivity contribution < 1.29 is 14.9 Å². The number of aliphatic hydroxyl groups is 2. The zero-order chi connectivity index (χ0) is 12.7. The molecule has 1 rings (SSSR count). The van der Waals surface area contributed by atoms with Crippen LogP contribution in [0.4, 0.5) is 0 Å². The van der Waals surface area contributed by atoms with Crippen molar-refractivity contribution in [1.29, 1.82) is 0 Å². The molecule has 0 spiro atoms. The van der Waals surface area contributed by atoms with Gasteiger partial charge < -0.3 is 14.9 Å². The van der Waals surface area contributed by atoms with Crippen LogP contribution in [0.15, 0.2) is 30.3 Å². The third-order valence-corrected chi connectivity index (χ3v) is 2.95. The maximum Gasteiger partial charge on any atom is 0.0717 e. The molecule has 0 aliphatic carbocycles. The van der Waals surface area contributed by atoms with Crippen molar-refractivity contribution >= 4 is 0 Å². The topological polar surface area (TPSA) is 49.7 Å². The summed E-state index contributed by atoms with van der Waals surface area (Å²) in [4.78, 5) is 0. The molecule has 17 heavy (non-hydrogen) atoms. The van der Waals surface area contributed by atoms with E-state index in [1.807, 2.05) is 44.2 Å². The molecule has 2 N–H and O–H groups in total. The fourth-order valence-electron chi connectivity index (χ4n) is 1.70. The Balaban J connectivity index is 2.27. The van der Waals surface area contributed by atoms with Crippen LogP contribution >= 0.6 is 0 Å². The molecule has 1 aromatic carbocycles. The minimum absolute atomic E-state index is 0.00416. The molecule has 0 aromatic heterocycles. The molecule has 0 saturated carbocycles. The Hall–Kier alpha value is -0.900. The van der Waals surface area contributed by atoms with Crippen molar-refractivity contribution in [2.24, 2.45) is 11.8 Å². The van der Waals surface area contributed by atoms with Crippen LogP contribution < -0.4 is 0 Å². The zero-order valence-electron chi connectivity index (χ0n) is 10.5. The Morgan fingerprint density at radius 2 is 1.76 bits per heavy atom. The van der Waals surface area contributed by atoms with Crippen molar-refractivity contribution in [3.05, 3.63) is 35.9 Å². The largest absolute Gasteiger partial charge is 0.396 e. The number of aliphatic hydroxyl groups excluding tert-OH is 2. The van der Waals surface area contributed by atoms with E-state index in [2.05, 4.69) is 0 Å². The van der Waals surface area contributed by atoms with Crippen LogP contribution in [0, 0.1) is 11.8 Å². The first-order valence-electron chi connectivity index (χ1n) is 6.05. The number of benzene rings is 1. The standard InChI is InChI=1S/C14H22O3/c1-11(8-15)14(16)12(2)9-17-10-13-6-4-3-5-7-13/h3-7,11-12,14-16H,8-10H2,1-2H3/t11-,12-,14+/m0/s1. The second kappa shape index (κ2) is 7.43. The molecule has 96 valence electrons. The van der Waals surface area contributed by atoms with Gasteiger partial charge in [-0.15, -0.1) is 0 Å². The molecule has 0 aliphatic rings. The Labute approximate surface area is 103 Å². The van der Waals surface area contributed by atoms with Crippen LogP contribution in [0.1, 0.15) is 19.4 Å². The summed E-state index contributed by atoms with van der Waals surface area (Å²) in [5.74, 6) is -0.0776. The third-order valence-electron chi connectivity index (χ3n) is 2.95. The first-order chi connectivity index (χ1) is 8.15. The maximum atomic E-state index is 9.84. The van der Waals surface area contributed by atoms with Crippen molar-refractivity contribution in [3.63, 3.8) is 0 Å². The van der Waals surface area contributed by atoms with Gasteiger partial charge in [-0.25, -0.2) is 0 Å². The van der Waals surface area contributed by atoms with Crippen molar-refractivity contribution in [3.8, 4) is 0 Å². The highest BCUT2D eigenvalue weighted by molar-refractivity contribution is 5.13. The normalized spacial score (nSPS) is 16.5. The van der Waals surface area contributed by atoms with E-state index in [4.69, 9.17) is 9.84 Å². The van der Waals surface area contributed by atoms with E-state index >= 15 is 0 Å². The molecule has 0 bridgehead atoms. The van der Waals surface area contributed by atoms with E-state index in [1.165, 1.54) is 0 Å². The van der Waals surface area contributed by atoms with E-state index in [-0.39, 0.29) is 18.4 Å². The van der Waals surface area contributed by atoms with Gasteiger partial charge in [0, 0.05) is 18.4 Å². The minimum atomic E-state index is -0.518. The van der Waals surface area contributed by atoms with E-state index in [1.54, 1.807) is 0 Å². The molecule has 3 atom stereocenters. The van der Waals surface area contributed by atoms with Crippen LogP contribution in [0.5, 0.6) is 0 Å². The first kappa shape index (κ1) is 14.2. The summed E-state index contributed by atoms with van der Waals surface area (Å²) in [5.41, 5.74) is 1.13. The fourth-order valence-corrected chi connectivity index (χ4v) is 1.70. The van der Waals surface area contributed by atoms with Crippen molar-refractivity contribution in [1.82, 2.24) is 0 Å². The number of ether oxygens (including phenoxy) is 1. The Kier molecular flexibility index (Phi) is 6.19. The van der Waals surface area contributed by atoms with Crippen LogP contribution in [0.3, 0.4) is 0 Å². The summed E-state index contributed by atoms with van der Waals surface area (Å²) < 4.78 is 5.56. The highest BCUT2D eigenvalue weighted by atomic mass is 16.5. The monoisotopic (exact) mass is 238 g/mol. The van der Waals surface area contributed by atoms with E-state index in [0.29, 0.717) is 13.2 Å². The Morgan fingerprint density at radius 1 is 1.12 bits per heavy atom. The molecule has 0 fully saturated rings. The van der Waals surface area contributed by atoms with Gasteiger partial charge in [0.2, 0.25) is 0 Å². The number of hydrogen-bond donors (Lipinski definition) is 2. The number of rotatable bonds is 7. The van der Waals surface area contributed by atoms with E-state index in [9.17, 15) is 5.11 Å². The quantitative estimate of drug-likeness (QED) is 0.762. The van der Waals surface area contributed by atoms with Crippen molar-refractivity contribution in [2.45, 2.75) is 26.6 Å². The Morgan fingerprint density at radius 3 is 2.35 bits per heavy atom. The molecule has 0 saturated heterocycles. The fraction of sp³-hybridized carbons (Fsp3) is 0.571. The van der Waals surface area contributed by atoms with Crippen molar-refractivity contribution in [2.75, 3.05) is 13.2 Å². The molecule has 3 heteroatoms. The van der Waals surface area contributed by atoms with Crippen LogP contribution in [0.25, 0.3) is 0 Å². The second-order valence-electron chi connectivity index (χ2n) is 4.63. The van der Waals surface area contributed by atoms with Crippen LogP contribution in [0.2, 0.25) is 0 Å². The van der Waals surface area contributed by atoms with Gasteiger partial charge in [-0.2, -0.15) is 0 Å². The molecule has 1 aromatic rings. The highest BCUT2D eigenvalue weighted by Gasteiger charge is 2.20. The summed E-state index contributed by atoms with van der Waals surface area (Å²) in [5, 5.41) is 18.8. The zero-order valence-corrected chi connectivity index (χ0v) is 10.5. The lowest BCUT2D eigenvalue weighted by Gasteiger charge is -2.23. The van der Waals surface area contributed by atoms with Gasteiger partial charge in [0.05, 0.1) is 19.3 Å². The van der Waals surface area contributed by atoms with Gasteiger partial charge >= 0.3 is 0 Å². The maximum absolute atomic E-state index is 9.84. The summed E-state index contributed by atoms with van der Waals surface area (Å²) in [6, 6.07) is 9.95. The van der Waals surface area contributed by atoms with Gasteiger partial charge in [-0.05, 0) is 5.56 Å². The lowest BCUT2D eigenvalue weighted by atomic mass is 9.95. The predicted octanol–water partition coefficient (Wildman–Crippen LogP) is 1.83. The summed E-state index contributed by atoms with van der Waals surface area (Å²) in [6.07, 6.45) is -0.518. The molecule has 0 aliphatic heterocycles. The first-order valence-corrected chi connectivity index (χ1v) is 6.05. The second-order valence-corrected chi connectivity index (χ2v) is 4.63. The van der Waals surface area contributed by atoms with Gasteiger partial charge in [0.25, 0.3) is 0 Å². The molecule has 3 nitrogen and oxygen atoms in total. The van der Waals surface area contributed by atoms with E-state index in [0.717, 1.165) is 5.56 Å². The molecular weight excluding hydrogens is 216 g/mol. The smallest absolute Gasteiger partial charge is 0.0717 e. The molecule has 0 unspecified atom stereocenters. The molecular formula is C14H22O3. The number of hydrogen-bond acceptors (Lipinski definition) is 3. The van der Waals surface area contributed by atoms with Gasteiger partial charge in [-0.1, -0.05) is 44.2 Å². The average Bonchev–Trinajstić information content (AvgIpc) is 2.38. The molecule has 0 amide bonds. The summed E-state index contributed by atoms with van der Waals surface area (Å²) in [6.45, 7) is 4.83. The highest BCUT2D eigenvalue weighted by Crippen LogP contribution is 2.13. The van der Waals surface area contributed by atoms with Crippen LogP contribution in [-0.4, -0.2) is 29.5 Å². The van der Waals surface area contributed by atoms with Gasteiger partial charge in [0.1, 0.15) is 0 Å². The third kappa shape index (κ3) is 4.86. The Bertz CT molecular complexity index is 300. The average molecular weight is 238 g/mol. The summed E-state index contributed by atoms with van der Waals surface area (Å²) >= 11 is 0. The minimum Gasteiger partial charge on any atom is -0.396 e. The lowest BCUT2D eigenvalue weighted by Crippen LogP contribution is -2.30. The van der Waals surface area contributed by atoms with Gasteiger partial charge in [0.15, 0.2) is 0 Å². The molecule has 0 radical (unpaired) electrons. The van der Waals surface area contributed by atoms with Crippen LogP contribution in [-0.2, 0) is 11.3 Å². The summed E-state index contributed by atoms with van der Waals surface area (Å²) in [7, 11) is 0.